The molecule has 26 heavy (non-hydrogen) atoms. The highest BCUT2D eigenvalue weighted by molar-refractivity contribution is 7.13. The van der Waals surface area contributed by atoms with Crippen molar-refractivity contribution in [3.8, 4) is 12.1 Å². The van der Waals surface area contributed by atoms with Crippen molar-refractivity contribution in [1.29, 1.82) is 10.5 Å². The monoisotopic (exact) mass is 381 g/mol. The van der Waals surface area contributed by atoms with E-state index < -0.39 is 0 Å². The van der Waals surface area contributed by atoms with Gasteiger partial charge in [0.1, 0.15) is 22.6 Å². The van der Waals surface area contributed by atoms with E-state index in [0.717, 1.165) is 21.1 Å². The van der Waals surface area contributed by atoms with E-state index in [1.165, 1.54) is 16.7 Å². The minimum Gasteiger partial charge on any atom is -0.293 e. The lowest BCUT2D eigenvalue weighted by Crippen LogP contribution is -2.32. The second kappa shape index (κ2) is 7.49. The number of aryl methyl sites for hydroxylation is 1. The van der Waals surface area contributed by atoms with Crippen LogP contribution in [-0.2, 0) is 6.54 Å². The van der Waals surface area contributed by atoms with E-state index in [9.17, 15) is 19.7 Å². The lowest BCUT2D eigenvalue weighted by atomic mass is 10.2. The predicted octanol–water partition coefficient (Wildman–Crippen LogP) is 2.49. The summed E-state index contributed by atoms with van der Waals surface area (Å²) in [6.45, 7) is 2.14. The minimum absolute atomic E-state index is 0.115. The van der Waals surface area contributed by atoms with Gasteiger partial charge in [0.25, 0.3) is 5.56 Å². The molecule has 0 aliphatic heterocycles. The molecule has 0 radical (unpaired) electrons. The number of thiazole rings is 1. The number of hydrogen-bond donors (Lipinski definition) is 0. The number of benzene rings is 1. The zero-order valence-electron chi connectivity index (χ0n) is 13.7. The van der Waals surface area contributed by atoms with Crippen molar-refractivity contribution in [3.05, 3.63) is 77.1 Å². The van der Waals surface area contributed by atoms with Crippen molar-refractivity contribution in [2.75, 3.05) is 0 Å². The fraction of sp³-hybridized carbons (Fsp3) is 0.105. The third kappa shape index (κ3) is 3.65. The molecule has 0 fully saturated rings. The summed E-state index contributed by atoms with van der Waals surface area (Å²) in [7, 11) is 0. The Morgan fingerprint density at radius 2 is 1.85 bits per heavy atom. The third-order valence-corrected chi connectivity index (χ3v) is 5.71. The van der Waals surface area contributed by atoms with Gasteiger partial charge in [-0.3, -0.25) is 9.36 Å². The van der Waals surface area contributed by atoms with Gasteiger partial charge in [-0.1, -0.05) is 12.1 Å². The van der Waals surface area contributed by atoms with Crippen LogP contribution in [0.4, 0.5) is 4.39 Å². The van der Waals surface area contributed by atoms with Crippen LogP contribution in [0.15, 0.2) is 41.2 Å². The summed E-state index contributed by atoms with van der Waals surface area (Å²) in [4.78, 5) is 14.9. The molecule has 0 spiro atoms. The van der Waals surface area contributed by atoms with Crippen LogP contribution in [0.5, 0.6) is 0 Å². The van der Waals surface area contributed by atoms with Gasteiger partial charge >= 0.3 is 0 Å². The Balaban J connectivity index is 2.22. The number of hydrogen-bond acceptors (Lipinski definition) is 5. The summed E-state index contributed by atoms with van der Waals surface area (Å²) in [5.41, 5.74) is 0.320. The van der Waals surface area contributed by atoms with E-state index >= 15 is 0 Å². The molecule has 2 heterocycles. The molecule has 0 amide bonds. The molecule has 128 valence electrons. The Bertz CT molecular complexity index is 1200. The Morgan fingerprint density at radius 1 is 1.15 bits per heavy atom. The predicted molar refractivity (Wildman–Crippen MR) is 101 cm³/mol. The molecule has 3 rings (SSSR count). The first-order valence-corrected chi connectivity index (χ1v) is 9.22. The average molecular weight is 381 g/mol. The molecule has 1 aromatic carbocycles. The van der Waals surface area contributed by atoms with Crippen LogP contribution in [0.3, 0.4) is 0 Å². The standard InChI is InChI=1S/C19H12FN3OS2/c1-12-2-7-16(25-12)8-17-18(24)23(19(26-17)14(9-21)10-22)11-13-3-5-15(20)6-4-13/h2-8H,11H2,1H3. The summed E-state index contributed by atoms with van der Waals surface area (Å²) in [5.74, 6) is -0.366. The first-order valence-electron chi connectivity index (χ1n) is 7.58. The summed E-state index contributed by atoms with van der Waals surface area (Å²) in [6, 6.07) is 13.4. The van der Waals surface area contributed by atoms with E-state index in [1.54, 1.807) is 29.5 Å². The van der Waals surface area contributed by atoms with E-state index in [0.29, 0.717) is 14.8 Å². The van der Waals surface area contributed by atoms with Crippen molar-refractivity contribution in [2.24, 2.45) is 0 Å². The summed E-state index contributed by atoms with van der Waals surface area (Å²) in [5, 5.41) is 18.4. The number of rotatable bonds is 3. The SMILES string of the molecule is Cc1ccc(C=c2sc(=C(C#N)C#N)n(Cc3ccc(F)cc3)c2=O)s1. The molecule has 0 N–H and O–H groups in total. The van der Waals surface area contributed by atoms with Crippen molar-refractivity contribution in [1.82, 2.24) is 4.57 Å². The highest BCUT2D eigenvalue weighted by Gasteiger charge is 2.10. The molecule has 7 heteroatoms. The smallest absolute Gasteiger partial charge is 0.269 e. The highest BCUT2D eigenvalue weighted by Crippen LogP contribution is 2.15. The molecule has 0 bridgehead atoms. The molecule has 4 nitrogen and oxygen atoms in total. The maximum absolute atomic E-state index is 13.1. The second-order valence-corrected chi connectivity index (χ2v) is 7.83. The van der Waals surface area contributed by atoms with E-state index in [1.807, 2.05) is 31.2 Å². The summed E-state index contributed by atoms with van der Waals surface area (Å²) < 4.78 is 15.3. The number of thiophene rings is 1. The zero-order valence-corrected chi connectivity index (χ0v) is 15.3. The van der Waals surface area contributed by atoms with Gasteiger partial charge in [0.05, 0.1) is 11.1 Å². The fourth-order valence-electron chi connectivity index (χ4n) is 2.40. The molecule has 2 aromatic heterocycles. The fourth-order valence-corrected chi connectivity index (χ4v) is 4.34. The quantitative estimate of drug-likeness (QED) is 0.700. The van der Waals surface area contributed by atoms with Crippen LogP contribution in [0.1, 0.15) is 15.3 Å². The lowest BCUT2D eigenvalue weighted by Gasteiger charge is -2.02. The van der Waals surface area contributed by atoms with Gasteiger partial charge in [-0.25, -0.2) is 4.39 Å². The van der Waals surface area contributed by atoms with Gasteiger partial charge in [0.2, 0.25) is 0 Å². The third-order valence-electron chi connectivity index (χ3n) is 3.63. The topological polar surface area (TPSA) is 69.6 Å². The number of nitriles is 2. The number of nitrogens with zero attached hydrogens (tertiary/aromatic N) is 3. The van der Waals surface area contributed by atoms with Gasteiger partial charge in [-0.2, -0.15) is 10.5 Å². The van der Waals surface area contributed by atoms with E-state index in [4.69, 9.17) is 0 Å². The Kier molecular flexibility index (Phi) is 5.13. The van der Waals surface area contributed by atoms with Gasteiger partial charge in [0.15, 0.2) is 5.57 Å². The van der Waals surface area contributed by atoms with Crippen LogP contribution in [0.25, 0.3) is 11.6 Å². The minimum atomic E-state index is -0.366. The highest BCUT2D eigenvalue weighted by atomic mass is 32.1. The zero-order chi connectivity index (χ0) is 18.7. The first kappa shape index (κ1) is 17.8. The Labute approximate surface area is 156 Å². The van der Waals surface area contributed by atoms with Crippen LogP contribution < -0.4 is 14.8 Å². The van der Waals surface area contributed by atoms with E-state index in [2.05, 4.69) is 0 Å². The normalized spacial score (nSPS) is 11.2. The molecular weight excluding hydrogens is 369 g/mol. The van der Waals surface area contributed by atoms with Gasteiger partial charge in [-0.15, -0.1) is 22.7 Å². The molecule has 0 saturated carbocycles. The van der Waals surface area contributed by atoms with Crippen molar-refractivity contribution in [3.63, 3.8) is 0 Å². The Morgan fingerprint density at radius 3 is 2.42 bits per heavy atom. The summed E-state index contributed by atoms with van der Waals surface area (Å²) >= 11 is 2.67. The molecule has 0 aliphatic carbocycles. The van der Waals surface area contributed by atoms with Crippen molar-refractivity contribution < 1.29 is 4.39 Å². The van der Waals surface area contributed by atoms with Crippen LogP contribution >= 0.6 is 22.7 Å². The van der Waals surface area contributed by atoms with Crippen LogP contribution in [0, 0.1) is 35.4 Å². The largest absolute Gasteiger partial charge is 0.293 e. The second-order valence-electron chi connectivity index (χ2n) is 5.48. The van der Waals surface area contributed by atoms with Gasteiger partial charge < -0.3 is 0 Å². The molecular formula is C19H12FN3OS2. The van der Waals surface area contributed by atoms with Crippen LogP contribution in [0.2, 0.25) is 0 Å². The van der Waals surface area contributed by atoms with Gasteiger partial charge in [-0.05, 0) is 42.8 Å². The van der Waals surface area contributed by atoms with Gasteiger partial charge in [0, 0.05) is 9.75 Å². The molecule has 0 aliphatic rings. The van der Waals surface area contributed by atoms with Crippen molar-refractivity contribution >= 4 is 34.3 Å². The molecule has 0 atom stereocenters. The number of aromatic nitrogens is 1. The van der Waals surface area contributed by atoms with E-state index in [-0.39, 0.29) is 23.5 Å². The number of halogens is 1. The molecule has 0 unspecified atom stereocenters. The van der Waals surface area contributed by atoms with Crippen molar-refractivity contribution in [2.45, 2.75) is 13.5 Å². The Hall–Kier alpha value is -3.00. The van der Waals surface area contributed by atoms with Crippen LogP contribution in [-0.4, -0.2) is 4.57 Å². The molecule has 3 aromatic rings. The summed E-state index contributed by atoms with van der Waals surface area (Å²) in [6.07, 6.45) is 1.77. The maximum atomic E-state index is 13.1. The lowest BCUT2D eigenvalue weighted by molar-refractivity contribution is 0.626. The molecule has 0 saturated heterocycles. The average Bonchev–Trinajstić information content (AvgIpc) is 3.17. The first-order chi connectivity index (χ1) is 12.5. The maximum Gasteiger partial charge on any atom is 0.269 e.